The van der Waals surface area contributed by atoms with Crippen LogP contribution in [0.4, 0.5) is 17.6 Å². The van der Waals surface area contributed by atoms with Gasteiger partial charge in [-0.1, -0.05) is 45.4 Å². The Hall–Kier alpha value is -1.26. The Bertz CT molecular complexity index is 726. The summed E-state index contributed by atoms with van der Waals surface area (Å²) in [7, 11) is 0. The first-order valence-corrected chi connectivity index (χ1v) is 12.8. The summed E-state index contributed by atoms with van der Waals surface area (Å²) in [6.07, 6.45) is 8.99. The molecule has 0 unspecified atom stereocenters. The second kappa shape index (κ2) is 11.2. The van der Waals surface area contributed by atoms with Crippen molar-refractivity contribution in [1.82, 2.24) is 0 Å². The molecular weight excluding hydrogens is 416 g/mol. The number of benzene rings is 1. The van der Waals surface area contributed by atoms with Crippen molar-refractivity contribution in [3.05, 3.63) is 28.6 Å². The predicted octanol–water partition coefficient (Wildman–Crippen LogP) is 8.90. The number of halogens is 4. The molecule has 0 spiro atoms. The van der Waals surface area contributed by atoms with E-state index < -0.39 is 17.6 Å². The van der Waals surface area contributed by atoms with Gasteiger partial charge in [0.1, 0.15) is 0 Å². The standard InChI is InChI=1S/C27H40F4O/c1-4-6-19-7-12-21(13-8-19)22-14-9-20(10-15-22)11-16-23-18(3)17-24(32-5-2)26(28)25(23)27(29,30)31/h17,19-22H,4-16H2,1-3H3. The van der Waals surface area contributed by atoms with Crippen molar-refractivity contribution in [3.63, 3.8) is 0 Å². The lowest BCUT2D eigenvalue weighted by Crippen LogP contribution is -2.26. The molecule has 0 atom stereocenters. The van der Waals surface area contributed by atoms with Crippen LogP contribution in [-0.2, 0) is 12.6 Å². The van der Waals surface area contributed by atoms with E-state index in [4.69, 9.17) is 4.74 Å². The molecule has 2 aliphatic rings. The highest BCUT2D eigenvalue weighted by molar-refractivity contribution is 5.45. The maximum atomic E-state index is 14.6. The number of rotatable bonds is 8. The Morgan fingerprint density at radius 2 is 1.41 bits per heavy atom. The summed E-state index contributed by atoms with van der Waals surface area (Å²) in [4.78, 5) is 0. The van der Waals surface area contributed by atoms with Gasteiger partial charge in [0.25, 0.3) is 0 Å². The van der Waals surface area contributed by atoms with Crippen LogP contribution in [0.1, 0.15) is 101 Å². The van der Waals surface area contributed by atoms with Crippen molar-refractivity contribution < 1.29 is 22.3 Å². The third-order valence-corrected chi connectivity index (χ3v) is 8.09. The molecule has 1 aromatic rings. The highest BCUT2D eigenvalue weighted by Crippen LogP contribution is 2.44. The van der Waals surface area contributed by atoms with Gasteiger partial charge in [0.05, 0.1) is 12.2 Å². The predicted molar refractivity (Wildman–Crippen MR) is 121 cm³/mol. The molecule has 0 N–H and O–H groups in total. The topological polar surface area (TPSA) is 9.23 Å². The highest BCUT2D eigenvalue weighted by atomic mass is 19.4. The van der Waals surface area contributed by atoms with Gasteiger partial charge in [0.2, 0.25) is 0 Å². The molecule has 0 saturated heterocycles. The zero-order chi connectivity index (χ0) is 23.3. The maximum absolute atomic E-state index is 14.6. The number of aryl methyl sites for hydroxylation is 1. The Morgan fingerprint density at radius 3 is 1.88 bits per heavy atom. The molecule has 0 amide bonds. The number of hydrogen-bond acceptors (Lipinski definition) is 1. The molecule has 2 fully saturated rings. The molecule has 2 aliphatic carbocycles. The third kappa shape index (κ3) is 6.20. The summed E-state index contributed by atoms with van der Waals surface area (Å²) in [6, 6.07) is 1.43. The van der Waals surface area contributed by atoms with Gasteiger partial charge in [0.15, 0.2) is 11.6 Å². The van der Waals surface area contributed by atoms with Crippen molar-refractivity contribution in [2.45, 2.75) is 104 Å². The van der Waals surface area contributed by atoms with Gasteiger partial charge in [0, 0.05) is 0 Å². The second-order valence-corrected chi connectivity index (χ2v) is 10.2. The molecule has 5 heteroatoms. The summed E-state index contributed by atoms with van der Waals surface area (Å²) in [6.45, 7) is 5.69. The van der Waals surface area contributed by atoms with Gasteiger partial charge < -0.3 is 4.74 Å². The van der Waals surface area contributed by atoms with E-state index in [1.807, 2.05) is 0 Å². The van der Waals surface area contributed by atoms with Crippen molar-refractivity contribution >= 4 is 0 Å². The van der Waals surface area contributed by atoms with E-state index in [1.54, 1.807) is 13.8 Å². The van der Waals surface area contributed by atoms with Gasteiger partial charge in [-0.25, -0.2) is 4.39 Å². The van der Waals surface area contributed by atoms with Gasteiger partial charge in [-0.15, -0.1) is 0 Å². The van der Waals surface area contributed by atoms with Crippen LogP contribution < -0.4 is 4.74 Å². The van der Waals surface area contributed by atoms with E-state index in [0.29, 0.717) is 17.9 Å². The Morgan fingerprint density at radius 1 is 0.875 bits per heavy atom. The second-order valence-electron chi connectivity index (χ2n) is 10.2. The normalized spacial score (nSPS) is 26.8. The minimum Gasteiger partial charge on any atom is -0.491 e. The maximum Gasteiger partial charge on any atom is 0.419 e. The Balaban J connectivity index is 1.57. The first-order valence-electron chi connectivity index (χ1n) is 12.8. The summed E-state index contributed by atoms with van der Waals surface area (Å²) >= 11 is 0. The molecule has 0 radical (unpaired) electrons. The number of ether oxygens (including phenoxy) is 1. The van der Waals surface area contributed by atoms with Gasteiger partial charge in [-0.05, 0) is 93.2 Å². The molecule has 1 nitrogen and oxygen atoms in total. The fourth-order valence-electron chi connectivity index (χ4n) is 6.33. The zero-order valence-electron chi connectivity index (χ0n) is 20.0. The highest BCUT2D eigenvalue weighted by Gasteiger charge is 2.39. The summed E-state index contributed by atoms with van der Waals surface area (Å²) < 4.78 is 60.9. The van der Waals surface area contributed by atoms with Crippen molar-refractivity contribution in [3.8, 4) is 5.75 Å². The number of alkyl halides is 3. The molecule has 32 heavy (non-hydrogen) atoms. The molecule has 0 bridgehead atoms. The quantitative estimate of drug-likeness (QED) is 0.355. The van der Waals surface area contributed by atoms with E-state index in [0.717, 1.165) is 30.6 Å². The van der Waals surface area contributed by atoms with Crippen LogP contribution in [-0.4, -0.2) is 6.61 Å². The van der Waals surface area contributed by atoms with E-state index in [1.165, 1.54) is 57.4 Å². The molecular formula is C27H40F4O. The van der Waals surface area contributed by atoms with E-state index in [2.05, 4.69) is 6.92 Å². The summed E-state index contributed by atoms with van der Waals surface area (Å²) in [5.41, 5.74) is -0.548. The minimum absolute atomic E-state index is 0.106. The zero-order valence-corrected chi connectivity index (χ0v) is 20.0. The Kier molecular flexibility index (Phi) is 8.91. The smallest absolute Gasteiger partial charge is 0.419 e. The first kappa shape index (κ1) is 25.4. The summed E-state index contributed by atoms with van der Waals surface area (Å²) in [5, 5.41) is 0. The monoisotopic (exact) mass is 456 g/mol. The van der Waals surface area contributed by atoms with Crippen LogP contribution in [0, 0.1) is 36.4 Å². The van der Waals surface area contributed by atoms with Gasteiger partial charge in [-0.3, -0.25) is 0 Å². The molecule has 3 rings (SSSR count). The van der Waals surface area contributed by atoms with Gasteiger partial charge in [-0.2, -0.15) is 13.2 Å². The number of hydrogen-bond donors (Lipinski definition) is 0. The van der Waals surface area contributed by atoms with Crippen LogP contribution in [0.5, 0.6) is 5.75 Å². The molecule has 1 aromatic carbocycles. The SMILES string of the molecule is CCCC1CCC(C2CCC(CCc3c(C)cc(OCC)c(F)c3C(F)(F)F)CC2)CC1. The van der Waals surface area contributed by atoms with Crippen LogP contribution in [0.15, 0.2) is 6.07 Å². The van der Waals surface area contributed by atoms with Crippen LogP contribution in [0.2, 0.25) is 0 Å². The van der Waals surface area contributed by atoms with E-state index in [-0.39, 0.29) is 24.3 Å². The van der Waals surface area contributed by atoms with E-state index >= 15 is 0 Å². The lowest BCUT2D eigenvalue weighted by molar-refractivity contribution is -0.140. The molecule has 0 aliphatic heterocycles. The largest absolute Gasteiger partial charge is 0.491 e. The molecule has 0 heterocycles. The lowest BCUT2D eigenvalue weighted by atomic mass is 9.68. The van der Waals surface area contributed by atoms with Crippen LogP contribution >= 0.6 is 0 Å². The first-order chi connectivity index (χ1) is 15.2. The molecule has 2 saturated carbocycles. The van der Waals surface area contributed by atoms with Crippen molar-refractivity contribution in [1.29, 1.82) is 0 Å². The Labute approximate surface area is 191 Å². The van der Waals surface area contributed by atoms with E-state index in [9.17, 15) is 17.6 Å². The molecule has 182 valence electrons. The fraction of sp³-hybridized carbons (Fsp3) is 0.778. The molecule has 0 aromatic heterocycles. The minimum atomic E-state index is -4.72. The third-order valence-electron chi connectivity index (χ3n) is 8.09. The van der Waals surface area contributed by atoms with Crippen molar-refractivity contribution in [2.75, 3.05) is 6.61 Å². The van der Waals surface area contributed by atoms with Crippen molar-refractivity contribution in [2.24, 2.45) is 23.7 Å². The van der Waals surface area contributed by atoms with Gasteiger partial charge >= 0.3 is 6.18 Å². The average Bonchev–Trinajstić information content (AvgIpc) is 2.75. The van der Waals surface area contributed by atoms with Crippen LogP contribution in [0.3, 0.4) is 0 Å². The summed E-state index contributed by atoms with van der Waals surface area (Å²) in [5.74, 6) is 1.45. The fourth-order valence-corrected chi connectivity index (χ4v) is 6.33. The lowest BCUT2D eigenvalue weighted by Gasteiger charge is -2.38. The van der Waals surface area contributed by atoms with Crippen LogP contribution in [0.25, 0.3) is 0 Å². The average molecular weight is 457 g/mol.